The minimum absolute atomic E-state index is 0.0738. The number of carbonyl (C=O) groups excluding carboxylic acids is 1. The molecule has 13 heavy (non-hydrogen) atoms. The molecule has 0 aromatic rings. The van der Waals surface area contributed by atoms with Crippen molar-refractivity contribution in [3.63, 3.8) is 0 Å². The van der Waals surface area contributed by atoms with Crippen molar-refractivity contribution >= 4 is 5.91 Å². The molecular weight excluding hydrogens is 164 g/mol. The number of nitriles is 1. The summed E-state index contributed by atoms with van der Waals surface area (Å²) >= 11 is 0. The van der Waals surface area contributed by atoms with E-state index in [1.807, 2.05) is 0 Å². The lowest BCUT2D eigenvalue weighted by Gasteiger charge is -2.11. The van der Waals surface area contributed by atoms with Crippen LogP contribution in [0, 0.1) is 22.7 Å². The molecule has 0 radical (unpaired) electrons. The van der Waals surface area contributed by atoms with Gasteiger partial charge in [0.05, 0.1) is 6.07 Å². The van der Waals surface area contributed by atoms with Crippen molar-refractivity contribution < 1.29 is 4.79 Å². The van der Waals surface area contributed by atoms with Gasteiger partial charge in [0.25, 0.3) is 0 Å². The van der Waals surface area contributed by atoms with Crippen LogP contribution in [0.1, 0.15) is 33.1 Å². The molecule has 0 aromatic heterocycles. The fourth-order valence-corrected chi connectivity index (χ4v) is 1.10. The molecule has 1 amide bonds. The van der Waals surface area contributed by atoms with Crippen LogP contribution in [-0.4, -0.2) is 12.5 Å². The summed E-state index contributed by atoms with van der Waals surface area (Å²) in [7, 11) is 0. The van der Waals surface area contributed by atoms with Gasteiger partial charge in [-0.25, -0.2) is 0 Å². The monoisotopic (exact) mass is 180 g/mol. The summed E-state index contributed by atoms with van der Waals surface area (Å²) in [5, 5.41) is 11.6. The highest BCUT2D eigenvalue weighted by Gasteiger charge is 2.50. The van der Waals surface area contributed by atoms with Gasteiger partial charge in [0, 0.05) is 6.54 Å². The molecule has 1 saturated carbocycles. The summed E-state index contributed by atoms with van der Waals surface area (Å²) in [5.74, 6) is 0.425. The zero-order valence-corrected chi connectivity index (χ0v) is 8.26. The maximum atomic E-state index is 11.4. The van der Waals surface area contributed by atoms with Gasteiger partial charge in [-0.15, -0.1) is 0 Å². The summed E-state index contributed by atoms with van der Waals surface area (Å²) in [6.45, 7) is 4.87. The van der Waals surface area contributed by atoms with E-state index in [0.29, 0.717) is 12.5 Å². The van der Waals surface area contributed by atoms with E-state index < -0.39 is 5.41 Å². The lowest BCUT2D eigenvalue weighted by molar-refractivity contribution is -0.124. The van der Waals surface area contributed by atoms with Gasteiger partial charge in [-0.05, 0) is 18.8 Å². The van der Waals surface area contributed by atoms with Crippen LogP contribution in [-0.2, 0) is 4.79 Å². The smallest absolute Gasteiger partial charge is 0.240 e. The zero-order valence-electron chi connectivity index (χ0n) is 8.26. The molecular formula is C10H16N2O. The topological polar surface area (TPSA) is 52.9 Å². The first-order chi connectivity index (χ1) is 6.14. The van der Waals surface area contributed by atoms with Crippen LogP contribution in [0.15, 0.2) is 0 Å². The highest BCUT2D eigenvalue weighted by atomic mass is 16.2. The van der Waals surface area contributed by atoms with E-state index in [1.165, 1.54) is 0 Å². The van der Waals surface area contributed by atoms with Crippen molar-refractivity contribution in [2.45, 2.75) is 33.1 Å². The van der Waals surface area contributed by atoms with Crippen molar-refractivity contribution in [2.24, 2.45) is 11.3 Å². The summed E-state index contributed by atoms with van der Waals surface area (Å²) in [4.78, 5) is 11.4. The van der Waals surface area contributed by atoms with Crippen molar-refractivity contribution in [1.82, 2.24) is 5.32 Å². The predicted octanol–water partition coefficient (Wildman–Crippen LogP) is 1.45. The van der Waals surface area contributed by atoms with Crippen LogP contribution in [0.3, 0.4) is 0 Å². The maximum Gasteiger partial charge on any atom is 0.240 e. The Morgan fingerprint density at radius 3 is 2.69 bits per heavy atom. The van der Waals surface area contributed by atoms with Crippen LogP contribution in [0.4, 0.5) is 0 Å². The average molecular weight is 180 g/mol. The summed E-state index contributed by atoms with van der Waals surface area (Å²) in [6.07, 6.45) is 2.52. The van der Waals surface area contributed by atoms with E-state index in [1.54, 1.807) is 0 Å². The Kier molecular flexibility index (Phi) is 2.92. The van der Waals surface area contributed by atoms with E-state index in [4.69, 9.17) is 5.26 Å². The van der Waals surface area contributed by atoms with Crippen LogP contribution >= 0.6 is 0 Å². The van der Waals surface area contributed by atoms with E-state index in [2.05, 4.69) is 25.2 Å². The second-order valence-corrected chi connectivity index (χ2v) is 3.92. The molecule has 0 aliphatic heterocycles. The number of carbonyl (C=O) groups is 1. The molecule has 1 aliphatic rings. The SMILES string of the molecule is CCC(C)CNC(=O)C1(C#N)CC1. The molecule has 0 saturated heterocycles. The van der Waals surface area contributed by atoms with Crippen molar-refractivity contribution in [2.75, 3.05) is 6.54 Å². The molecule has 1 aliphatic carbocycles. The number of nitrogens with zero attached hydrogens (tertiary/aromatic N) is 1. The molecule has 0 bridgehead atoms. The minimum Gasteiger partial charge on any atom is -0.354 e. The van der Waals surface area contributed by atoms with Crippen molar-refractivity contribution in [1.29, 1.82) is 5.26 Å². The van der Waals surface area contributed by atoms with Gasteiger partial charge in [0.15, 0.2) is 0 Å². The molecule has 3 heteroatoms. The molecule has 72 valence electrons. The third-order valence-corrected chi connectivity index (χ3v) is 2.71. The molecule has 1 rings (SSSR count). The molecule has 1 fully saturated rings. The van der Waals surface area contributed by atoms with Gasteiger partial charge in [-0.1, -0.05) is 20.3 Å². The Bertz CT molecular complexity index is 238. The lowest BCUT2D eigenvalue weighted by Crippen LogP contribution is -2.34. The molecule has 0 spiro atoms. The predicted molar refractivity (Wildman–Crippen MR) is 49.7 cm³/mol. The highest BCUT2D eigenvalue weighted by Crippen LogP contribution is 2.44. The molecule has 1 unspecified atom stereocenters. The van der Waals surface area contributed by atoms with Gasteiger partial charge < -0.3 is 5.32 Å². The number of rotatable bonds is 4. The maximum absolute atomic E-state index is 11.4. The lowest BCUT2D eigenvalue weighted by atomic mass is 10.1. The summed E-state index contributed by atoms with van der Waals surface area (Å²) < 4.78 is 0. The second kappa shape index (κ2) is 3.78. The van der Waals surface area contributed by atoms with Gasteiger partial charge in [0.2, 0.25) is 5.91 Å². The van der Waals surface area contributed by atoms with E-state index >= 15 is 0 Å². The van der Waals surface area contributed by atoms with E-state index in [9.17, 15) is 4.79 Å². The van der Waals surface area contributed by atoms with Gasteiger partial charge in [0.1, 0.15) is 5.41 Å². The van der Waals surface area contributed by atoms with E-state index in [-0.39, 0.29) is 5.91 Å². The molecule has 0 heterocycles. The van der Waals surface area contributed by atoms with Crippen LogP contribution < -0.4 is 5.32 Å². The standard InChI is InChI=1S/C10H16N2O/c1-3-8(2)6-12-9(13)10(7-11)4-5-10/h8H,3-6H2,1-2H3,(H,12,13). The number of amides is 1. The number of nitrogens with one attached hydrogen (secondary N) is 1. The molecule has 3 nitrogen and oxygen atoms in total. The first-order valence-electron chi connectivity index (χ1n) is 4.84. The van der Waals surface area contributed by atoms with Crippen LogP contribution in [0.2, 0.25) is 0 Å². The number of hydrogen-bond donors (Lipinski definition) is 1. The highest BCUT2D eigenvalue weighted by molar-refractivity contribution is 5.88. The van der Waals surface area contributed by atoms with Gasteiger partial charge in [-0.2, -0.15) is 5.26 Å². The fraction of sp³-hybridized carbons (Fsp3) is 0.800. The molecule has 1 atom stereocenters. The van der Waals surface area contributed by atoms with Crippen LogP contribution in [0.25, 0.3) is 0 Å². The van der Waals surface area contributed by atoms with E-state index in [0.717, 1.165) is 19.3 Å². The molecule has 1 N–H and O–H groups in total. The molecule has 0 aromatic carbocycles. The zero-order chi connectivity index (χ0) is 9.90. The minimum atomic E-state index is -0.659. The normalized spacial score (nSPS) is 20.1. The largest absolute Gasteiger partial charge is 0.354 e. The van der Waals surface area contributed by atoms with Crippen molar-refractivity contribution in [3.8, 4) is 6.07 Å². The Labute approximate surface area is 79.1 Å². The quantitative estimate of drug-likeness (QED) is 0.712. The first-order valence-corrected chi connectivity index (χ1v) is 4.84. The van der Waals surface area contributed by atoms with Gasteiger partial charge >= 0.3 is 0 Å². The van der Waals surface area contributed by atoms with Gasteiger partial charge in [-0.3, -0.25) is 4.79 Å². The number of hydrogen-bond acceptors (Lipinski definition) is 2. The Hall–Kier alpha value is -1.04. The average Bonchev–Trinajstić information content (AvgIpc) is 2.94. The Morgan fingerprint density at radius 2 is 2.31 bits per heavy atom. The Morgan fingerprint density at radius 1 is 1.69 bits per heavy atom. The Balaban J connectivity index is 2.31. The first kappa shape index (κ1) is 10.0. The summed E-state index contributed by atoms with van der Waals surface area (Å²) in [6, 6.07) is 2.08. The van der Waals surface area contributed by atoms with Crippen molar-refractivity contribution in [3.05, 3.63) is 0 Å². The third-order valence-electron chi connectivity index (χ3n) is 2.71. The fourth-order valence-electron chi connectivity index (χ4n) is 1.10. The van der Waals surface area contributed by atoms with Crippen LogP contribution in [0.5, 0.6) is 0 Å². The second-order valence-electron chi connectivity index (χ2n) is 3.92. The third kappa shape index (κ3) is 2.21. The summed E-state index contributed by atoms with van der Waals surface area (Å²) in [5.41, 5.74) is -0.659.